The molecule has 0 bridgehead atoms. The third-order valence-corrected chi connectivity index (χ3v) is 5.47. The van der Waals surface area contributed by atoms with Gasteiger partial charge in [0.25, 0.3) is 0 Å². The minimum Gasteiger partial charge on any atom is -0.366 e. The van der Waals surface area contributed by atoms with E-state index in [4.69, 9.17) is 5.73 Å². The summed E-state index contributed by atoms with van der Waals surface area (Å²) in [5, 5.41) is 20.0. The van der Waals surface area contributed by atoms with Gasteiger partial charge < -0.3 is 15.9 Å². The molecule has 0 aromatic heterocycles. The second kappa shape index (κ2) is 18.2. The van der Waals surface area contributed by atoms with Gasteiger partial charge in [-0.2, -0.15) is 0 Å². The molecule has 0 spiro atoms. The quantitative estimate of drug-likeness (QED) is 0.131. The van der Waals surface area contributed by atoms with E-state index in [1.54, 1.807) is 0 Å². The number of carbonyl (C=O) groups is 1. The Bertz CT molecular complexity index is 405. The Hall–Kier alpha value is -0.870. The molecule has 28 heavy (non-hydrogen) atoms. The first-order valence-corrected chi connectivity index (χ1v) is 11.9. The van der Waals surface area contributed by atoms with E-state index in [1.165, 1.54) is 38.5 Å². The normalized spacial score (nSPS) is 12.5. The maximum absolute atomic E-state index is 11.5. The van der Waals surface area contributed by atoms with Crippen LogP contribution in [0.25, 0.3) is 0 Å². The zero-order chi connectivity index (χ0) is 21.1. The molecule has 0 aliphatic rings. The maximum atomic E-state index is 11.5. The van der Waals surface area contributed by atoms with E-state index >= 15 is 0 Å². The first-order valence-electron chi connectivity index (χ1n) is 11.9. The predicted octanol–water partition coefficient (Wildman–Crippen LogP) is 6.14. The van der Waals surface area contributed by atoms with Crippen LogP contribution in [0.15, 0.2) is 11.6 Å². The highest BCUT2D eigenvalue weighted by atomic mass is 16.5. The van der Waals surface area contributed by atoms with Crippen LogP contribution in [0, 0.1) is 0 Å². The molecule has 4 nitrogen and oxygen atoms in total. The van der Waals surface area contributed by atoms with Crippen molar-refractivity contribution in [1.29, 1.82) is 0 Å². The van der Waals surface area contributed by atoms with Gasteiger partial charge in [-0.1, -0.05) is 84.1 Å². The lowest BCUT2D eigenvalue weighted by molar-refractivity contribution is -0.172. The molecule has 0 rings (SSSR count). The van der Waals surface area contributed by atoms with Crippen LogP contribution in [-0.2, 0) is 4.79 Å². The topological polar surface area (TPSA) is 83.6 Å². The number of rotatable bonds is 20. The molecule has 0 saturated carbocycles. The van der Waals surface area contributed by atoms with Gasteiger partial charge in [0.1, 0.15) is 0 Å². The number of hydrogen-bond donors (Lipinski definition) is 3. The van der Waals surface area contributed by atoms with Crippen LogP contribution in [0.2, 0.25) is 0 Å². The van der Waals surface area contributed by atoms with Gasteiger partial charge in [-0.25, -0.2) is 0 Å². The van der Waals surface area contributed by atoms with Crippen LogP contribution < -0.4 is 5.73 Å². The summed E-state index contributed by atoms with van der Waals surface area (Å²) in [5.41, 5.74) is 6.28. The van der Waals surface area contributed by atoms with Crippen LogP contribution in [0.5, 0.6) is 0 Å². The number of allylic oxidation sites excluding steroid dienone is 1. The van der Waals surface area contributed by atoms with E-state index in [2.05, 4.69) is 13.8 Å². The standard InChI is InChI=1S/C24H47NO3/c1-3-5-7-14-18-22(23(25)26)19-15-12-10-9-11-13-17-21-24(27,28)20-16-8-6-4-2/h18,27-28H,3-17,19-21H2,1-2H3,(H2,25,26)/b22-18+. The van der Waals surface area contributed by atoms with Gasteiger partial charge in [-0.05, 0) is 38.5 Å². The zero-order valence-electron chi connectivity index (χ0n) is 18.7. The summed E-state index contributed by atoms with van der Waals surface area (Å²) in [4.78, 5) is 11.5. The molecule has 1 amide bonds. The fourth-order valence-corrected chi connectivity index (χ4v) is 3.56. The van der Waals surface area contributed by atoms with Crippen molar-refractivity contribution >= 4 is 5.91 Å². The Labute approximate surface area is 174 Å². The van der Waals surface area contributed by atoms with Gasteiger partial charge in [-0.15, -0.1) is 0 Å². The minimum atomic E-state index is -1.47. The third kappa shape index (κ3) is 17.2. The zero-order valence-corrected chi connectivity index (χ0v) is 18.7. The summed E-state index contributed by atoms with van der Waals surface area (Å²) in [7, 11) is 0. The molecule has 0 aromatic rings. The molecule has 0 heterocycles. The second-order valence-electron chi connectivity index (χ2n) is 8.36. The fourth-order valence-electron chi connectivity index (χ4n) is 3.56. The third-order valence-electron chi connectivity index (χ3n) is 5.47. The van der Waals surface area contributed by atoms with Gasteiger partial charge in [-0.3, -0.25) is 4.79 Å². The Morgan fingerprint density at radius 3 is 1.75 bits per heavy atom. The van der Waals surface area contributed by atoms with Crippen LogP contribution in [0.4, 0.5) is 0 Å². The monoisotopic (exact) mass is 397 g/mol. The van der Waals surface area contributed by atoms with E-state index < -0.39 is 5.79 Å². The summed E-state index contributed by atoms with van der Waals surface area (Å²) in [6.07, 6.45) is 20.2. The van der Waals surface area contributed by atoms with E-state index in [9.17, 15) is 15.0 Å². The lowest BCUT2D eigenvalue weighted by atomic mass is 9.99. The molecule has 0 aliphatic heterocycles. The molecular weight excluding hydrogens is 350 g/mol. The lowest BCUT2D eigenvalue weighted by Crippen LogP contribution is -2.27. The van der Waals surface area contributed by atoms with Gasteiger partial charge in [0.2, 0.25) is 5.91 Å². The van der Waals surface area contributed by atoms with Crippen LogP contribution in [0.3, 0.4) is 0 Å². The van der Waals surface area contributed by atoms with Crippen molar-refractivity contribution in [3.63, 3.8) is 0 Å². The molecule has 4 N–H and O–H groups in total. The van der Waals surface area contributed by atoms with Crippen molar-refractivity contribution in [3.8, 4) is 0 Å². The summed E-state index contributed by atoms with van der Waals surface area (Å²) < 4.78 is 0. The number of unbranched alkanes of at least 4 members (excludes halogenated alkanes) is 12. The second-order valence-corrected chi connectivity index (χ2v) is 8.36. The average Bonchev–Trinajstić information content (AvgIpc) is 2.65. The molecule has 0 aliphatic carbocycles. The van der Waals surface area contributed by atoms with Gasteiger partial charge in [0, 0.05) is 18.4 Å². The van der Waals surface area contributed by atoms with Crippen molar-refractivity contribution < 1.29 is 15.0 Å². The van der Waals surface area contributed by atoms with E-state index in [1.807, 2.05) is 6.08 Å². The molecule has 0 aromatic carbocycles. The highest BCUT2D eigenvalue weighted by molar-refractivity contribution is 5.91. The Kier molecular flexibility index (Phi) is 17.6. The van der Waals surface area contributed by atoms with E-state index in [-0.39, 0.29) is 5.91 Å². The largest absolute Gasteiger partial charge is 0.366 e. The van der Waals surface area contributed by atoms with Gasteiger partial charge in [0.05, 0.1) is 0 Å². The fraction of sp³-hybridized carbons (Fsp3) is 0.875. The summed E-state index contributed by atoms with van der Waals surface area (Å²) in [6, 6.07) is 0. The molecule has 0 unspecified atom stereocenters. The first-order chi connectivity index (χ1) is 13.4. The van der Waals surface area contributed by atoms with Crippen LogP contribution in [-0.4, -0.2) is 21.9 Å². The molecule has 166 valence electrons. The van der Waals surface area contributed by atoms with Crippen molar-refractivity contribution in [2.75, 3.05) is 0 Å². The van der Waals surface area contributed by atoms with E-state index in [0.717, 1.165) is 69.8 Å². The number of primary amides is 1. The molecule has 0 atom stereocenters. The molecule has 4 heteroatoms. The molecule has 0 radical (unpaired) electrons. The van der Waals surface area contributed by atoms with Crippen LogP contribution >= 0.6 is 0 Å². The number of aliphatic hydroxyl groups is 2. The average molecular weight is 398 g/mol. The molecule has 0 saturated heterocycles. The lowest BCUT2D eigenvalue weighted by Gasteiger charge is -2.21. The Morgan fingerprint density at radius 1 is 0.750 bits per heavy atom. The Morgan fingerprint density at radius 2 is 1.21 bits per heavy atom. The highest BCUT2D eigenvalue weighted by Crippen LogP contribution is 2.21. The summed E-state index contributed by atoms with van der Waals surface area (Å²) in [5.74, 6) is -1.73. The minimum absolute atomic E-state index is 0.261. The SMILES string of the molecule is CCCCC/C=C(\CCCCCCCCCC(O)(O)CCCCCC)C(N)=O. The van der Waals surface area contributed by atoms with Crippen molar-refractivity contribution in [3.05, 3.63) is 11.6 Å². The Balaban J connectivity index is 3.65. The smallest absolute Gasteiger partial charge is 0.244 e. The number of nitrogens with two attached hydrogens (primary N) is 1. The van der Waals surface area contributed by atoms with Gasteiger partial charge in [0.15, 0.2) is 5.79 Å². The van der Waals surface area contributed by atoms with Crippen LogP contribution in [0.1, 0.15) is 129 Å². The summed E-state index contributed by atoms with van der Waals surface area (Å²) >= 11 is 0. The number of amides is 1. The van der Waals surface area contributed by atoms with E-state index in [0.29, 0.717) is 12.8 Å². The predicted molar refractivity (Wildman–Crippen MR) is 119 cm³/mol. The molecular formula is C24H47NO3. The number of carbonyl (C=O) groups excluding carboxylic acids is 1. The maximum Gasteiger partial charge on any atom is 0.244 e. The van der Waals surface area contributed by atoms with Crippen molar-refractivity contribution in [2.45, 2.75) is 135 Å². The highest BCUT2D eigenvalue weighted by Gasteiger charge is 2.21. The van der Waals surface area contributed by atoms with Crippen molar-refractivity contribution in [1.82, 2.24) is 0 Å². The first kappa shape index (κ1) is 27.1. The number of hydrogen-bond acceptors (Lipinski definition) is 3. The molecule has 0 fully saturated rings. The van der Waals surface area contributed by atoms with Crippen molar-refractivity contribution in [2.24, 2.45) is 5.73 Å². The van der Waals surface area contributed by atoms with Gasteiger partial charge >= 0.3 is 0 Å². The summed E-state index contributed by atoms with van der Waals surface area (Å²) in [6.45, 7) is 4.34.